The maximum atomic E-state index is 13.5. The van der Waals surface area contributed by atoms with Crippen LogP contribution >= 0.6 is 23.1 Å². The molecule has 32 heavy (non-hydrogen) atoms. The molecule has 7 heteroatoms. The molecule has 2 aromatic carbocycles. The fourth-order valence-electron chi connectivity index (χ4n) is 3.71. The van der Waals surface area contributed by atoms with Crippen molar-refractivity contribution in [3.8, 4) is 0 Å². The summed E-state index contributed by atoms with van der Waals surface area (Å²) in [4.78, 5) is 32.7. The van der Waals surface area contributed by atoms with Gasteiger partial charge in [0.1, 0.15) is 0 Å². The molecule has 0 radical (unpaired) electrons. The minimum absolute atomic E-state index is 0.164. The first-order valence-corrected chi connectivity index (χ1v) is 12.4. The molecule has 1 aromatic heterocycles. The first kappa shape index (κ1) is 22.3. The smallest absolute Gasteiger partial charge is 0.338 e. The molecule has 4 rings (SSSR count). The van der Waals surface area contributed by atoms with Crippen LogP contribution in [0.4, 0.5) is 0 Å². The third-order valence-electron chi connectivity index (χ3n) is 5.32. The van der Waals surface area contributed by atoms with Crippen molar-refractivity contribution >= 4 is 35.1 Å². The van der Waals surface area contributed by atoms with Gasteiger partial charge >= 0.3 is 5.97 Å². The van der Waals surface area contributed by atoms with Crippen LogP contribution < -0.4 is 14.9 Å². The van der Waals surface area contributed by atoms with E-state index in [4.69, 9.17) is 4.74 Å². The van der Waals surface area contributed by atoms with Crippen LogP contribution in [0.1, 0.15) is 36.6 Å². The fourth-order valence-corrected chi connectivity index (χ4v) is 5.16. The van der Waals surface area contributed by atoms with Crippen LogP contribution in [0.2, 0.25) is 0 Å². The molecule has 0 fully saturated rings. The van der Waals surface area contributed by atoms with Crippen molar-refractivity contribution < 1.29 is 9.53 Å². The standard InChI is InChI=1S/C25H24N2O3S2/c1-5-30-24(29)21-16(3)26-25-27(22(21)18-10-12-19(31-4)13-11-18)23(28)20(32-25)14-17-8-6-15(2)7-9-17/h6-14,22H,5H2,1-4H3. The van der Waals surface area contributed by atoms with Gasteiger partial charge in [-0.1, -0.05) is 53.3 Å². The Hall–Kier alpha value is -2.90. The number of aryl methyl sites for hydroxylation is 1. The van der Waals surface area contributed by atoms with Crippen molar-refractivity contribution in [2.45, 2.75) is 31.7 Å². The number of carbonyl (C=O) groups excluding carboxylic acids is 1. The SMILES string of the molecule is CCOC(=O)C1=C(C)N=c2sc(=Cc3ccc(C)cc3)c(=O)n2C1c1ccc(SC)cc1. The normalized spacial score (nSPS) is 16.0. The van der Waals surface area contributed by atoms with Crippen molar-refractivity contribution in [2.75, 3.05) is 12.9 Å². The second-order valence-corrected chi connectivity index (χ2v) is 9.37. The van der Waals surface area contributed by atoms with Gasteiger partial charge in [0.2, 0.25) is 0 Å². The Bertz CT molecular complexity index is 1360. The number of rotatable bonds is 5. The van der Waals surface area contributed by atoms with Crippen molar-refractivity contribution in [3.05, 3.63) is 96.2 Å². The topological polar surface area (TPSA) is 60.7 Å². The van der Waals surface area contributed by atoms with Crippen molar-refractivity contribution in [1.82, 2.24) is 4.57 Å². The number of thioether (sulfide) groups is 1. The monoisotopic (exact) mass is 464 g/mol. The Morgan fingerprint density at radius 1 is 1.16 bits per heavy atom. The van der Waals surface area contributed by atoms with Crippen LogP contribution in [0.5, 0.6) is 0 Å². The summed E-state index contributed by atoms with van der Waals surface area (Å²) in [7, 11) is 0. The molecule has 1 aliphatic heterocycles. The lowest BCUT2D eigenvalue weighted by atomic mass is 9.96. The molecule has 0 spiro atoms. The molecule has 1 aliphatic rings. The number of fused-ring (bicyclic) bond motifs is 1. The molecule has 2 heterocycles. The van der Waals surface area contributed by atoms with Crippen LogP contribution in [0.15, 0.2) is 74.5 Å². The van der Waals surface area contributed by atoms with E-state index in [1.54, 1.807) is 30.2 Å². The molecule has 0 bridgehead atoms. The van der Waals surface area contributed by atoms with Gasteiger partial charge in [0, 0.05) is 4.90 Å². The van der Waals surface area contributed by atoms with E-state index < -0.39 is 12.0 Å². The highest BCUT2D eigenvalue weighted by Crippen LogP contribution is 2.31. The molecule has 164 valence electrons. The summed E-state index contributed by atoms with van der Waals surface area (Å²) >= 11 is 2.98. The van der Waals surface area contributed by atoms with Gasteiger partial charge in [-0.2, -0.15) is 0 Å². The van der Waals surface area contributed by atoms with Crippen LogP contribution in [0, 0.1) is 6.92 Å². The third-order valence-corrected chi connectivity index (χ3v) is 7.05. The van der Waals surface area contributed by atoms with E-state index >= 15 is 0 Å². The highest BCUT2D eigenvalue weighted by atomic mass is 32.2. The van der Waals surface area contributed by atoms with E-state index in [-0.39, 0.29) is 12.2 Å². The highest BCUT2D eigenvalue weighted by molar-refractivity contribution is 7.98. The van der Waals surface area contributed by atoms with E-state index in [1.807, 2.05) is 67.8 Å². The van der Waals surface area contributed by atoms with Crippen molar-refractivity contribution in [2.24, 2.45) is 4.99 Å². The number of esters is 1. The third kappa shape index (κ3) is 4.23. The average molecular weight is 465 g/mol. The number of carbonyl (C=O) groups is 1. The molecule has 0 amide bonds. The lowest BCUT2D eigenvalue weighted by Crippen LogP contribution is -2.39. The lowest BCUT2D eigenvalue weighted by molar-refractivity contribution is -0.139. The zero-order chi connectivity index (χ0) is 22.8. The van der Waals surface area contributed by atoms with Gasteiger partial charge < -0.3 is 4.74 Å². The summed E-state index contributed by atoms with van der Waals surface area (Å²) in [5, 5.41) is 0. The molecule has 0 aliphatic carbocycles. The van der Waals surface area contributed by atoms with Gasteiger partial charge in [-0.25, -0.2) is 9.79 Å². The number of thiazole rings is 1. The zero-order valence-electron chi connectivity index (χ0n) is 18.4. The largest absolute Gasteiger partial charge is 0.463 e. The number of aromatic nitrogens is 1. The van der Waals surface area contributed by atoms with E-state index in [2.05, 4.69) is 4.99 Å². The maximum Gasteiger partial charge on any atom is 0.338 e. The summed E-state index contributed by atoms with van der Waals surface area (Å²) in [5.41, 5.74) is 3.77. The number of nitrogens with zero attached hydrogens (tertiary/aromatic N) is 2. The molecule has 1 atom stereocenters. The maximum absolute atomic E-state index is 13.5. The van der Waals surface area contributed by atoms with Gasteiger partial charge in [-0.15, -0.1) is 11.8 Å². The predicted octanol–water partition coefficient (Wildman–Crippen LogP) is 3.83. The first-order valence-electron chi connectivity index (χ1n) is 10.3. The Balaban J connectivity index is 1.93. The zero-order valence-corrected chi connectivity index (χ0v) is 20.0. The highest BCUT2D eigenvalue weighted by Gasteiger charge is 2.33. The summed E-state index contributed by atoms with van der Waals surface area (Å²) < 4.78 is 7.54. The Morgan fingerprint density at radius 3 is 2.47 bits per heavy atom. The number of benzene rings is 2. The van der Waals surface area contributed by atoms with Gasteiger partial charge in [0.15, 0.2) is 4.80 Å². The summed E-state index contributed by atoms with van der Waals surface area (Å²) in [6, 6.07) is 15.4. The van der Waals surface area contributed by atoms with E-state index in [9.17, 15) is 9.59 Å². The van der Waals surface area contributed by atoms with Crippen LogP contribution in [-0.4, -0.2) is 23.4 Å². The Labute approximate surface area is 194 Å². The van der Waals surface area contributed by atoms with Gasteiger partial charge in [-0.05, 0) is 56.4 Å². The number of ether oxygens (including phenoxy) is 1. The van der Waals surface area contributed by atoms with E-state index in [0.717, 1.165) is 21.6 Å². The summed E-state index contributed by atoms with van der Waals surface area (Å²) in [5.74, 6) is -0.444. The number of hydrogen-bond donors (Lipinski definition) is 0. The molecular formula is C25H24N2O3S2. The fraction of sp³-hybridized carbons (Fsp3) is 0.240. The van der Waals surface area contributed by atoms with Crippen molar-refractivity contribution in [1.29, 1.82) is 0 Å². The van der Waals surface area contributed by atoms with Crippen LogP contribution in [0.25, 0.3) is 6.08 Å². The van der Waals surface area contributed by atoms with Crippen molar-refractivity contribution in [3.63, 3.8) is 0 Å². The summed E-state index contributed by atoms with van der Waals surface area (Å²) in [6.45, 7) is 5.85. The van der Waals surface area contributed by atoms with E-state index in [1.165, 1.54) is 11.3 Å². The number of allylic oxidation sites excluding steroid dienone is 1. The predicted molar refractivity (Wildman–Crippen MR) is 130 cm³/mol. The van der Waals surface area contributed by atoms with Gasteiger partial charge in [0.05, 0.1) is 28.5 Å². The summed E-state index contributed by atoms with van der Waals surface area (Å²) in [6.07, 6.45) is 3.89. The first-order chi connectivity index (χ1) is 15.4. The number of hydrogen-bond acceptors (Lipinski definition) is 6. The molecule has 5 nitrogen and oxygen atoms in total. The average Bonchev–Trinajstić information content (AvgIpc) is 3.09. The molecular weight excluding hydrogens is 440 g/mol. The molecule has 1 unspecified atom stereocenters. The molecule has 0 saturated carbocycles. The molecule has 3 aromatic rings. The van der Waals surface area contributed by atoms with Crippen LogP contribution in [-0.2, 0) is 9.53 Å². The molecule has 0 N–H and O–H groups in total. The second kappa shape index (κ2) is 9.30. The quantitative estimate of drug-likeness (QED) is 0.425. The second-order valence-electron chi connectivity index (χ2n) is 7.49. The minimum atomic E-state index is -0.582. The van der Waals surface area contributed by atoms with Gasteiger partial charge in [-0.3, -0.25) is 9.36 Å². The Kier molecular flexibility index (Phi) is 6.48. The van der Waals surface area contributed by atoms with E-state index in [0.29, 0.717) is 20.6 Å². The Morgan fingerprint density at radius 2 is 1.84 bits per heavy atom. The van der Waals surface area contributed by atoms with Gasteiger partial charge in [0.25, 0.3) is 5.56 Å². The van der Waals surface area contributed by atoms with Crippen LogP contribution in [0.3, 0.4) is 0 Å². The molecule has 0 saturated heterocycles. The lowest BCUT2D eigenvalue weighted by Gasteiger charge is -2.24. The minimum Gasteiger partial charge on any atom is -0.463 e.